The van der Waals surface area contributed by atoms with E-state index < -0.39 is 5.97 Å². The standard InChI is InChI=1S/C28H30N2O4/c29-28(33)25(17-18-30(20-9-3-1-4-10-20)21-11-5-2-6-12-21)23-13-7-15-24-22(23)14-8-16-26(24)34-19-27(31)32/h1-6,8-12,14,16,23,25H,7,13,15,17-19H2,(H2,29,33)(H,31,32). The lowest BCUT2D eigenvalue weighted by molar-refractivity contribution is -0.139. The minimum absolute atomic E-state index is 0.0250. The largest absolute Gasteiger partial charge is 0.482 e. The van der Waals surface area contributed by atoms with Gasteiger partial charge in [-0.1, -0.05) is 48.5 Å². The lowest BCUT2D eigenvalue weighted by Gasteiger charge is -2.33. The minimum Gasteiger partial charge on any atom is -0.482 e. The molecule has 0 saturated carbocycles. The van der Waals surface area contributed by atoms with Gasteiger partial charge in [0.2, 0.25) is 5.91 Å². The molecule has 2 unspecified atom stereocenters. The van der Waals surface area contributed by atoms with Crippen LogP contribution in [0, 0.1) is 5.92 Å². The lowest BCUT2D eigenvalue weighted by atomic mass is 9.74. The Labute approximate surface area is 200 Å². The molecule has 176 valence electrons. The molecule has 1 amide bonds. The van der Waals surface area contributed by atoms with E-state index >= 15 is 0 Å². The molecule has 3 aromatic rings. The number of para-hydroxylation sites is 2. The third kappa shape index (κ3) is 5.39. The SMILES string of the molecule is NC(=O)C(CCN(c1ccccc1)c1ccccc1)C1CCCc2c(OCC(=O)O)cccc21. The highest BCUT2D eigenvalue weighted by Gasteiger charge is 2.33. The van der Waals surface area contributed by atoms with Crippen molar-refractivity contribution in [3.05, 3.63) is 90.0 Å². The van der Waals surface area contributed by atoms with Gasteiger partial charge < -0.3 is 20.5 Å². The van der Waals surface area contributed by atoms with E-state index in [1.54, 1.807) is 6.07 Å². The summed E-state index contributed by atoms with van der Waals surface area (Å²) in [6.07, 6.45) is 3.16. The molecule has 34 heavy (non-hydrogen) atoms. The van der Waals surface area contributed by atoms with E-state index in [2.05, 4.69) is 29.2 Å². The van der Waals surface area contributed by atoms with Crippen LogP contribution in [-0.4, -0.2) is 30.1 Å². The van der Waals surface area contributed by atoms with Gasteiger partial charge in [-0.2, -0.15) is 0 Å². The average molecular weight is 459 g/mol. The highest BCUT2D eigenvalue weighted by Crippen LogP contribution is 2.42. The van der Waals surface area contributed by atoms with Gasteiger partial charge in [-0.25, -0.2) is 4.79 Å². The maximum Gasteiger partial charge on any atom is 0.341 e. The van der Waals surface area contributed by atoms with E-state index in [9.17, 15) is 9.59 Å². The Kier molecular flexibility index (Phi) is 7.48. The number of carbonyl (C=O) groups is 2. The molecule has 2 atom stereocenters. The third-order valence-corrected chi connectivity index (χ3v) is 6.51. The molecule has 0 fully saturated rings. The first-order valence-electron chi connectivity index (χ1n) is 11.7. The van der Waals surface area contributed by atoms with Crippen LogP contribution in [0.3, 0.4) is 0 Å². The number of nitrogens with zero attached hydrogens (tertiary/aromatic N) is 1. The van der Waals surface area contributed by atoms with Crippen molar-refractivity contribution in [3.63, 3.8) is 0 Å². The number of rotatable bonds is 10. The Bertz CT molecular complexity index is 1080. The third-order valence-electron chi connectivity index (χ3n) is 6.51. The molecule has 1 aliphatic rings. The molecule has 3 N–H and O–H groups in total. The van der Waals surface area contributed by atoms with Gasteiger partial charge in [-0.05, 0) is 73.1 Å². The number of hydrogen-bond acceptors (Lipinski definition) is 4. The van der Waals surface area contributed by atoms with Gasteiger partial charge >= 0.3 is 5.97 Å². The first-order chi connectivity index (χ1) is 16.5. The maximum absolute atomic E-state index is 12.7. The van der Waals surface area contributed by atoms with Crippen LogP contribution >= 0.6 is 0 Å². The fourth-order valence-corrected chi connectivity index (χ4v) is 4.98. The van der Waals surface area contributed by atoms with Crippen molar-refractivity contribution in [1.82, 2.24) is 0 Å². The average Bonchev–Trinajstić information content (AvgIpc) is 2.86. The second-order valence-electron chi connectivity index (χ2n) is 8.63. The summed E-state index contributed by atoms with van der Waals surface area (Å²) >= 11 is 0. The zero-order chi connectivity index (χ0) is 23.9. The van der Waals surface area contributed by atoms with E-state index in [0.717, 1.165) is 41.8 Å². The van der Waals surface area contributed by atoms with Crippen LogP contribution in [0.5, 0.6) is 5.75 Å². The maximum atomic E-state index is 12.7. The predicted octanol–water partition coefficient (Wildman–Crippen LogP) is 4.90. The molecule has 0 saturated heterocycles. The number of primary amides is 1. The van der Waals surface area contributed by atoms with Gasteiger partial charge in [0.1, 0.15) is 5.75 Å². The van der Waals surface area contributed by atoms with Crippen molar-refractivity contribution in [3.8, 4) is 5.75 Å². The Morgan fingerprint density at radius 3 is 2.21 bits per heavy atom. The fourth-order valence-electron chi connectivity index (χ4n) is 4.98. The summed E-state index contributed by atoms with van der Waals surface area (Å²) in [5.41, 5.74) is 10.1. The summed E-state index contributed by atoms with van der Waals surface area (Å²) in [4.78, 5) is 25.9. The van der Waals surface area contributed by atoms with Gasteiger partial charge in [0.05, 0.1) is 0 Å². The molecular weight excluding hydrogens is 428 g/mol. The molecule has 4 rings (SSSR count). The summed E-state index contributed by atoms with van der Waals surface area (Å²) in [5.74, 6) is -1.10. The number of carboxylic acid groups (broad SMARTS) is 1. The Morgan fingerprint density at radius 2 is 1.62 bits per heavy atom. The van der Waals surface area contributed by atoms with Gasteiger partial charge in [0, 0.05) is 23.8 Å². The zero-order valence-corrected chi connectivity index (χ0v) is 19.1. The van der Waals surface area contributed by atoms with Crippen LogP contribution in [0.4, 0.5) is 11.4 Å². The molecule has 0 aliphatic heterocycles. The van der Waals surface area contributed by atoms with Gasteiger partial charge in [-0.3, -0.25) is 4.79 Å². The molecule has 6 nitrogen and oxygen atoms in total. The molecule has 0 heterocycles. The number of benzene rings is 3. The number of amides is 1. The summed E-state index contributed by atoms with van der Waals surface area (Å²) in [7, 11) is 0. The smallest absolute Gasteiger partial charge is 0.341 e. The fraction of sp³-hybridized carbons (Fsp3) is 0.286. The molecule has 1 aliphatic carbocycles. The van der Waals surface area contributed by atoms with Crippen LogP contribution in [0.25, 0.3) is 0 Å². The van der Waals surface area contributed by atoms with Crippen molar-refractivity contribution in [2.75, 3.05) is 18.1 Å². The molecule has 3 aromatic carbocycles. The van der Waals surface area contributed by atoms with Crippen molar-refractivity contribution < 1.29 is 19.4 Å². The summed E-state index contributed by atoms with van der Waals surface area (Å²) < 4.78 is 5.54. The predicted molar refractivity (Wildman–Crippen MR) is 132 cm³/mol. The van der Waals surface area contributed by atoms with Gasteiger partial charge in [0.15, 0.2) is 6.61 Å². The second-order valence-corrected chi connectivity index (χ2v) is 8.63. The normalized spacial score (nSPS) is 15.7. The highest BCUT2D eigenvalue weighted by molar-refractivity contribution is 5.78. The van der Waals surface area contributed by atoms with E-state index in [-0.39, 0.29) is 24.3 Å². The van der Waals surface area contributed by atoms with Crippen molar-refractivity contribution in [1.29, 1.82) is 0 Å². The lowest BCUT2D eigenvalue weighted by Crippen LogP contribution is -2.34. The van der Waals surface area contributed by atoms with Gasteiger partial charge in [0.25, 0.3) is 0 Å². The van der Waals surface area contributed by atoms with E-state index in [1.165, 1.54) is 0 Å². The minimum atomic E-state index is -1.01. The molecule has 0 radical (unpaired) electrons. The highest BCUT2D eigenvalue weighted by atomic mass is 16.5. The van der Waals surface area contributed by atoms with Crippen molar-refractivity contribution in [2.24, 2.45) is 11.7 Å². The molecule has 0 bridgehead atoms. The molecular formula is C28H30N2O4. The second kappa shape index (κ2) is 10.9. The summed E-state index contributed by atoms with van der Waals surface area (Å²) in [5, 5.41) is 9.01. The van der Waals surface area contributed by atoms with Crippen LogP contribution in [-0.2, 0) is 16.0 Å². The van der Waals surface area contributed by atoms with Crippen LogP contribution in [0.2, 0.25) is 0 Å². The molecule has 0 spiro atoms. The number of nitrogens with two attached hydrogens (primary N) is 1. The van der Waals surface area contributed by atoms with E-state index in [0.29, 0.717) is 18.7 Å². The number of fused-ring (bicyclic) bond motifs is 1. The Morgan fingerprint density at radius 1 is 0.971 bits per heavy atom. The quantitative estimate of drug-likeness (QED) is 0.451. The number of carboxylic acids is 1. The van der Waals surface area contributed by atoms with Crippen LogP contribution in [0.15, 0.2) is 78.9 Å². The number of carbonyl (C=O) groups excluding carboxylic acids is 1. The first-order valence-corrected chi connectivity index (χ1v) is 11.7. The number of hydrogen-bond donors (Lipinski definition) is 2. The topological polar surface area (TPSA) is 92.9 Å². The van der Waals surface area contributed by atoms with E-state index in [4.69, 9.17) is 15.6 Å². The Hall–Kier alpha value is -3.80. The Balaban J connectivity index is 1.59. The summed E-state index contributed by atoms with van der Waals surface area (Å²) in [6, 6.07) is 26.0. The summed E-state index contributed by atoms with van der Waals surface area (Å²) in [6.45, 7) is 0.256. The van der Waals surface area contributed by atoms with Crippen LogP contribution < -0.4 is 15.4 Å². The number of anilines is 2. The van der Waals surface area contributed by atoms with E-state index in [1.807, 2.05) is 48.5 Å². The first kappa shape index (κ1) is 23.4. The van der Waals surface area contributed by atoms with Crippen molar-refractivity contribution >= 4 is 23.3 Å². The molecule has 6 heteroatoms. The number of aliphatic carboxylic acids is 1. The van der Waals surface area contributed by atoms with Crippen LogP contribution in [0.1, 0.15) is 36.3 Å². The number of ether oxygens (including phenoxy) is 1. The van der Waals surface area contributed by atoms with Gasteiger partial charge in [-0.15, -0.1) is 0 Å². The van der Waals surface area contributed by atoms with Crippen molar-refractivity contribution in [2.45, 2.75) is 31.6 Å². The monoisotopic (exact) mass is 458 g/mol. The zero-order valence-electron chi connectivity index (χ0n) is 19.1. The molecule has 0 aromatic heterocycles.